The molecule has 1 aliphatic heterocycles. The molecule has 6 N–H and O–H groups in total. The Kier molecular flexibility index (Phi) is 6.20. The molecule has 25 heavy (non-hydrogen) atoms. The van der Waals surface area contributed by atoms with Crippen molar-refractivity contribution in [3.05, 3.63) is 48.1 Å². The molecule has 1 atom stereocenters. The van der Waals surface area contributed by atoms with E-state index < -0.39 is 0 Å². The van der Waals surface area contributed by atoms with Crippen molar-refractivity contribution in [3.8, 4) is 5.75 Å². The van der Waals surface area contributed by atoms with E-state index >= 15 is 0 Å². The number of unbranched alkanes of at least 4 members (excludes halogenated alkanes) is 2. The van der Waals surface area contributed by atoms with Crippen molar-refractivity contribution in [2.24, 2.45) is 11.1 Å². The van der Waals surface area contributed by atoms with Crippen LogP contribution >= 0.6 is 0 Å². The van der Waals surface area contributed by atoms with Crippen LogP contribution in [-0.2, 0) is 0 Å². The molecule has 0 aromatic heterocycles. The van der Waals surface area contributed by atoms with Gasteiger partial charge in [0, 0.05) is 6.20 Å². The summed E-state index contributed by atoms with van der Waals surface area (Å²) in [4.78, 5) is 0. The number of aromatic hydroxyl groups is 1. The van der Waals surface area contributed by atoms with Gasteiger partial charge in [-0.2, -0.15) is 0 Å². The number of hydrazine groups is 2. The molecule has 6 heteroatoms. The maximum Gasteiger partial charge on any atom is 0.141 e. The van der Waals surface area contributed by atoms with E-state index in [1.165, 1.54) is 12.8 Å². The highest BCUT2D eigenvalue weighted by Gasteiger charge is 2.37. The van der Waals surface area contributed by atoms with E-state index in [1.54, 1.807) is 24.3 Å². The molecule has 1 heterocycles. The molecule has 0 fully saturated rings. The van der Waals surface area contributed by atoms with Gasteiger partial charge in [0.05, 0.1) is 17.4 Å². The van der Waals surface area contributed by atoms with Crippen LogP contribution in [0.15, 0.2) is 48.1 Å². The SMILES string of the molecule is CCCC/C=C/N1NC(C(C)(C)C)C(NNc2ccc(O)cc2)=C1N. The first-order valence-corrected chi connectivity index (χ1v) is 8.85. The molecule has 138 valence electrons. The summed E-state index contributed by atoms with van der Waals surface area (Å²) in [6.07, 6.45) is 7.52. The number of nitrogens with one attached hydrogen (secondary N) is 3. The molecule has 6 nitrogen and oxygen atoms in total. The van der Waals surface area contributed by atoms with E-state index in [0.717, 1.165) is 17.8 Å². The Morgan fingerprint density at radius 3 is 2.52 bits per heavy atom. The van der Waals surface area contributed by atoms with Crippen molar-refractivity contribution < 1.29 is 5.11 Å². The Morgan fingerprint density at radius 2 is 1.92 bits per heavy atom. The number of rotatable bonds is 7. The van der Waals surface area contributed by atoms with Gasteiger partial charge in [-0.25, -0.2) is 5.43 Å². The molecule has 0 bridgehead atoms. The molecule has 0 spiro atoms. The molecule has 1 aromatic carbocycles. The fraction of sp³-hybridized carbons (Fsp3) is 0.474. The van der Waals surface area contributed by atoms with E-state index in [0.29, 0.717) is 5.82 Å². The lowest BCUT2D eigenvalue weighted by molar-refractivity contribution is 0.233. The van der Waals surface area contributed by atoms with Crippen LogP contribution in [0, 0.1) is 5.41 Å². The minimum atomic E-state index is -0.0183. The maximum absolute atomic E-state index is 9.38. The van der Waals surface area contributed by atoms with Gasteiger partial charge in [-0.3, -0.25) is 10.4 Å². The molecule has 0 saturated heterocycles. The van der Waals surface area contributed by atoms with E-state index in [-0.39, 0.29) is 17.2 Å². The molecule has 0 saturated carbocycles. The quantitative estimate of drug-likeness (QED) is 0.296. The maximum atomic E-state index is 9.38. The zero-order valence-electron chi connectivity index (χ0n) is 15.6. The number of allylic oxidation sites excluding steroid dienone is 1. The number of hydrogen-bond acceptors (Lipinski definition) is 6. The highest BCUT2D eigenvalue weighted by Crippen LogP contribution is 2.30. The molecular formula is C19H31N5O. The second-order valence-corrected chi connectivity index (χ2v) is 7.42. The first kappa shape index (κ1) is 19.0. The number of phenolic OH excluding ortho intramolecular Hbond substituents is 1. The smallest absolute Gasteiger partial charge is 0.141 e. The van der Waals surface area contributed by atoms with E-state index in [1.807, 2.05) is 11.2 Å². The second-order valence-electron chi connectivity index (χ2n) is 7.42. The van der Waals surface area contributed by atoms with Crippen molar-refractivity contribution in [1.82, 2.24) is 15.9 Å². The van der Waals surface area contributed by atoms with Gasteiger partial charge in [0.15, 0.2) is 0 Å². The van der Waals surface area contributed by atoms with Crippen LogP contribution in [0.3, 0.4) is 0 Å². The average molecular weight is 345 g/mol. The lowest BCUT2D eigenvalue weighted by atomic mass is 9.86. The summed E-state index contributed by atoms with van der Waals surface area (Å²) in [6, 6.07) is 6.93. The van der Waals surface area contributed by atoms with Crippen LogP contribution in [0.2, 0.25) is 0 Å². The van der Waals surface area contributed by atoms with E-state index in [9.17, 15) is 5.11 Å². The standard InChI is InChI=1S/C19H31N5O/c1-5-6-7-8-13-24-18(20)16(17(23-24)19(2,3)4)22-21-14-9-11-15(25)12-10-14/h8-13,17,21-23,25H,5-7,20H2,1-4H3/b13-8+. The fourth-order valence-electron chi connectivity index (χ4n) is 2.62. The highest BCUT2D eigenvalue weighted by molar-refractivity contribution is 5.46. The van der Waals surface area contributed by atoms with Crippen molar-refractivity contribution >= 4 is 5.69 Å². The average Bonchev–Trinajstić information content (AvgIpc) is 2.88. The van der Waals surface area contributed by atoms with Crippen LogP contribution in [0.5, 0.6) is 5.75 Å². The monoisotopic (exact) mass is 345 g/mol. The van der Waals surface area contributed by atoms with Crippen LogP contribution in [-0.4, -0.2) is 16.2 Å². The van der Waals surface area contributed by atoms with Gasteiger partial charge in [-0.05, 0) is 36.1 Å². The predicted molar refractivity (Wildman–Crippen MR) is 103 cm³/mol. The summed E-state index contributed by atoms with van der Waals surface area (Å²) < 4.78 is 0. The normalized spacial score (nSPS) is 18.2. The first-order chi connectivity index (χ1) is 11.8. The van der Waals surface area contributed by atoms with Crippen molar-refractivity contribution in [1.29, 1.82) is 0 Å². The van der Waals surface area contributed by atoms with Gasteiger partial charge in [0.1, 0.15) is 11.6 Å². The molecule has 2 rings (SSSR count). The zero-order chi connectivity index (χ0) is 18.4. The Bertz CT molecular complexity index is 616. The topological polar surface area (TPSA) is 85.6 Å². The van der Waals surface area contributed by atoms with E-state index in [2.05, 4.69) is 50.0 Å². The van der Waals surface area contributed by atoms with Crippen LogP contribution in [0.4, 0.5) is 5.69 Å². The Morgan fingerprint density at radius 1 is 1.24 bits per heavy atom. The summed E-state index contributed by atoms with van der Waals surface area (Å²) in [7, 11) is 0. The molecule has 0 radical (unpaired) electrons. The number of hydrogen-bond donors (Lipinski definition) is 5. The van der Waals surface area contributed by atoms with Crippen LogP contribution in [0.1, 0.15) is 47.0 Å². The summed E-state index contributed by atoms with van der Waals surface area (Å²) >= 11 is 0. The van der Waals surface area contributed by atoms with Crippen molar-refractivity contribution in [2.45, 2.75) is 53.0 Å². The molecule has 1 aromatic rings. The lowest BCUT2D eigenvalue weighted by Crippen LogP contribution is -2.45. The highest BCUT2D eigenvalue weighted by atomic mass is 16.3. The number of benzene rings is 1. The summed E-state index contributed by atoms with van der Waals surface area (Å²) in [5.41, 5.74) is 17.9. The summed E-state index contributed by atoms with van der Waals surface area (Å²) in [6.45, 7) is 8.70. The van der Waals surface area contributed by atoms with Crippen molar-refractivity contribution in [2.75, 3.05) is 5.43 Å². The molecule has 0 amide bonds. The largest absolute Gasteiger partial charge is 0.508 e. The Hall–Kier alpha value is -2.34. The number of nitrogens with two attached hydrogens (primary N) is 1. The minimum absolute atomic E-state index is 0.0183. The number of anilines is 1. The Labute approximate surface area is 150 Å². The molecule has 1 aliphatic rings. The second kappa shape index (κ2) is 8.16. The van der Waals surface area contributed by atoms with Crippen LogP contribution < -0.4 is 22.0 Å². The van der Waals surface area contributed by atoms with E-state index in [4.69, 9.17) is 5.73 Å². The zero-order valence-corrected chi connectivity index (χ0v) is 15.6. The minimum Gasteiger partial charge on any atom is -0.508 e. The molecule has 1 unspecified atom stereocenters. The molecular weight excluding hydrogens is 314 g/mol. The predicted octanol–water partition coefficient (Wildman–Crippen LogP) is 3.38. The lowest BCUT2D eigenvalue weighted by Gasteiger charge is -2.30. The van der Waals surface area contributed by atoms with Gasteiger partial charge in [-0.15, -0.1) is 0 Å². The van der Waals surface area contributed by atoms with Gasteiger partial charge in [-0.1, -0.05) is 46.6 Å². The summed E-state index contributed by atoms with van der Waals surface area (Å²) in [5.74, 6) is 0.890. The van der Waals surface area contributed by atoms with Gasteiger partial charge >= 0.3 is 0 Å². The third-order valence-electron chi connectivity index (χ3n) is 4.15. The van der Waals surface area contributed by atoms with Gasteiger partial charge in [0.25, 0.3) is 0 Å². The number of nitrogens with zero attached hydrogens (tertiary/aromatic N) is 1. The third-order valence-corrected chi connectivity index (χ3v) is 4.15. The third kappa shape index (κ3) is 5.06. The van der Waals surface area contributed by atoms with Crippen molar-refractivity contribution in [3.63, 3.8) is 0 Å². The first-order valence-electron chi connectivity index (χ1n) is 8.85. The van der Waals surface area contributed by atoms with Gasteiger partial charge in [0.2, 0.25) is 0 Å². The van der Waals surface area contributed by atoms with Gasteiger partial charge < -0.3 is 16.3 Å². The number of phenols is 1. The fourth-order valence-corrected chi connectivity index (χ4v) is 2.62. The summed E-state index contributed by atoms with van der Waals surface area (Å²) in [5, 5.41) is 11.3. The Balaban J connectivity index is 2.11. The van der Waals surface area contributed by atoms with Crippen LogP contribution in [0.25, 0.3) is 0 Å². The molecule has 0 aliphatic carbocycles.